The average molecular weight is 408 g/mol. The second-order valence-electron chi connectivity index (χ2n) is 6.08. The average Bonchev–Trinajstić information content (AvgIpc) is 3.32. The van der Waals surface area contributed by atoms with Crippen LogP contribution in [0.5, 0.6) is 0 Å². The third-order valence-corrected chi connectivity index (χ3v) is 6.21. The summed E-state index contributed by atoms with van der Waals surface area (Å²) in [6.45, 7) is 0. The number of amides is 1. The Kier molecular flexibility index (Phi) is 5.50. The standard InChI is InChI=1S/C20H17N5OS2/c1-25-12-15(11-22-25)10-21-24-19(26)16-8-6-14(7-9-16)13-27-20-23-17-4-2-3-5-18(17)28-20/h2-12H,13H2,1H3,(H,24,26)/b21-10+. The van der Waals surface area contributed by atoms with Gasteiger partial charge in [-0.15, -0.1) is 11.3 Å². The van der Waals surface area contributed by atoms with Gasteiger partial charge in [-0.05, 0) is 29.8 Å². The molecule has 0 bridgehead atoms. The van der Waals surface area contributed by atoms with Crippen LogP contribution in [0.1, 0.15) is 21.5 Å². The topological polar surface area (TPSA) is 72.2 Å². The quantitative estimate of drug-likeness (QED) is 0.297. The Morgan fingerprint density at radius 2 is 2.07 bits per heavy atom. The summed E-state index contributed by atoms with van der Waals surface area (Å²) in [4.78, 5) is 16.8. The van der Waals surface area contributed by atoms with Crippen molar-refractivity contribution >= 4 is 45.4 Å². The number of hydrogen-bond donors (Lipinski definition) is 1. The molecule has 1 amide bonds. The lowest BCUT2D eigenvalue weighted by molar-refractivity contribution is 0.0955. The molecule has 0 aliphatic rings. The first-order valence-electron chi connectivity index (χ1n) is 8.57. The van der Waals surface area contributed by atoms with Crippen molar-refractivity contribution in [3.8, 4) is 0 Å². The summed E-state index contributed by atoms with van der Waals surface area (Å²) in [6, 6.07) is 15.7. The number of aryl methyl sites for hydroxylation is 1. The third-order valence-electron chi connectivity index (χ3n) is 3.96. The highest BCUT2D eigenvalue weighted by atomic mass is 32.2. The van der Waals surface area contributed by atoms with Gasteiger partial charge in [0.25, 0.3) is 5.91 Å². The summed E-state index contributed by atoms with van der Waals surface area (Å²) in [7, 11) is 1.83. The van der Waals surface area contributed by atoms with Crippen LogP contribution in [0.15, 0.2) is 70.4 Å². The highest BCUT2D eigenvalue weighted by molar-refractivity contribution is 8.00. The number of thioether (sulfide) groups is 1. The van der Waals surface area contributed by atoms with E-state index in [1.54, 1.807) is 40.2 Å². The number of carbonyl (C=O) groups is 1. The second kappa shape index (κ2) is 8.37. The Hall–Kier alpha value is -2.97. The molecule has 6 nitrogen and oxygen atoms in total. The summed E-state index contributed by atoms with van der Waals surface area (Å²) in [5, 5.41) is 8.00. The molecule has 0 aliphatic carbocycles. The van der Waals surface area contributed by atoms with Gasteiger partial charge in [0.05, 0.1) is 22.6 Å². The lowest BCUT2D eigenvalue weighted by Crippen LogP contribution is -2.17. The van der Waals surface area contributed by atoms with E-state index in [2.05, 4.69) is 26.7 Å². The van der Waals surface area contributed by atoms with E-state index in [0.717, 1.165) is 26.7 Å². The number of para-hydroxylation sites is 1. The SMILES string of the molecule is Cn1cc(/C=N/NC(=O)c2ccc(CSc3nc4ccccc4s3)cc2)cn1. The number of carbonyl (C=O) groups excluding carboxylic acids is 1. The number of hydrazone groups is 1. The van der Waals surface area contributed by atoms with Gasteiger partial charge in [0.1, 0.15) is 0 Å². The minimum Gasteiger partial charge on any atom is -0.275 e. The molecule has 0 saturated heterocycles. The number of nitrogens with one attached hydrogen (secondary N) is 1. The zero-order valence-electron chi connectivity index (χ0n) is 15.1. The van der Waals surface area contributed by atoms with Gasteiger partial charge in [-0.2, -0.15) is 10.2 Å². The van der Waals surface area contributed by atoms with E-state index >= 15 is 0 Å². The van der Waals surface area contributed by atoms with Crippen molar-refractivity contribution in [1.82, 2.24) is 20.2 Å². The van der Waals surface area contributed by atoms with E-state index in [9.17, 15) is 4.79 Å². The van der Waals surface area contributed by atoms with Crippen molar-refractivity contribution in [3.05, 3.63) is 77.6 Å². The maximum Gasteiger partial charge on any atom is 0.271 e. The van der Waals surface area contributed by atoms with E-state index in [1.165, 1.54) is 4.70 Å². The van der Waals surface area contributed by atoms with Crippen LogP contribution in [-0.2, 0) is 12.8 Å². The molecule has 0 radical (unpaired) electrons. The molecule has 0 fully saturated rings. The maximum atomic E-state index is 12.2. The maximum absolute atomic E-state index is 12.2. The van der Waals surface area contributed by atoms with Crippen LogP contribution in [0.25, 0.3) is 10.2 Å². The normalized spacial score (nSPS) is 11.3. The van der Waals surface area contributed by atoms with Gasteiger partial charge in [0, 0.05) is 30.1 Å². The third kappa shape index (κ3) is 4.47. The summed E-state index contributed by atoms with van der Waals surface area (Å²) < 4.78 is 3.92. The summed E-state index contributed by atoms with van der Waals surface area (Å²) in [5.41, 5.74) is 6.09. The number of nitrogens with zero attached hydrogens (tertiary/aromatic N) is 4. The lowest BCUT2D eigenvalue weighted by Gasteiger charge is -2.02. The lowest BCUT2D eigenvalue weighted by atomic mass is 10.1. The van der Waals surface area contributed by atoms with Crippen LogP contribution in [0.2, 0.25) is 0 Å². The van der Waals surface area contributed by atoms with Gasteiger partial charge in [-0.25, -0.2) is 10.4 Å². The van der Waals surface area contributed by atoms with Gasteiger partial charge < -0.3 is 0 Å². The van der Waals surface area contributed by atoms with Crippen molar-refractivity contribution in [2.75, 3.05) is 0 Å². The van der Waals surface area contributed by atoms with E-state index in [1.807, 2.05) is 55.7 Å². The number of rotatable bonds is 6. The molecule has 0 saturated carbocycles. The summed E-state index contributed by atoms with van der Waals surface area (Å²) >= 11 is 3.40. The Labute approximate surface area is 170 Å². The fourth-order valence-electron chi connectivity index (χ4n) is 2.55. The molecule has 28 heavy (non-hydrogen) atoms. The number of hydrogen-bond acceptors (Lipinski definition) is 6. The smallest absolute Gasteiger partial charge is 0.271 e. The Morgan fingerprint density at radius 1 is 1.25 bits per heavy atom. The van der Waals surface area contributed by atoms with Crippen LogP contribution in [0.3, 0.4) is 0 Å². The van der Waals surface area contributed by atoms with Crippen LogP contribution < -0.4 is 5.43 Å². The van der Waals surface area contributed by atoms with Crippen molar-refractivity contribution < 1.29 is 4.79 Å². The fourth-order valence-corrected chi connectivity index (χ4v) is 4.57. The monoisotopic (exact) mass is 407 g/mol. The second-order valence-corrected chi connectivity index (χ2v) is 8.33. The molecular weight excluding hydrogens is 390 g/mol. The van der Waals surface area contributed by atoms with Crippen molar-refractivity contribution in [1.29, 1.82) is 0 Å². The van der Waals surface area contributed by atoms with Crippen LogP contribution >= 0.6 is 23.1 Å². The van der Waals surface area contributed by atoms with Crippen LogP contribution in [0, 0.1) is 0 Å². The fraction of sp³-hybridized carbons (Fsp3) is 0.100. The zero-order chi connectivity index (χ0) is 19.3. The minimum atomic E-state index is -0.245. The van der Waals surface area contributed by atoms with E-state index < -0.39 is 0 Å². The first-order valence-corrected chi connectivity index (χ1v) is 10.4. The molecular formula is C20H17N5OS2. The molecule has 0 atom stereocenters. The molecule has 0 aliphatic heterocycles. The Balaban J connectivity index is 1.32. The largest absolute Gasteiger partial charge is 0.275 e. The molecule has 140 valence electrons. The Bertz CT molecular complexity index is 1100. The number of aromatic nitrogens is 3. The zero-order valence-corrected chi connectivity index (χ0v) is 16.7. The van der Waals surface area contributed by atoms with Crippen LogP contribution in [0.4, 0.5) is 0 Å². The van der Waals surface area contributed by atoms with E-state index in [0.29, 0.717) is 5.56 Å². The number of thiazole rings is 1. The molecule has 4 aromatic rings. The summed E-state index contributed by atoms with van der Waals surface area (Å²) in [6.07, 6.45) is 5.05. The van der Waals surface area contributed by atoms with Gasteiger partial charge in [0.15, 0.2) is 4.34 Å². The molecule has 8 heteroatoms. The molecule has 0 spiro atoms. The van der Waals surface area contributed by atoms with Gasteiger partial charge in [-0.3, -0.25) is 9.48 Å². The minimum absolute atomic E-state index is 0.245. The molecule has 4 rings (SSSR count). The van der Waals surface area contributed by atoms with Crippen molar-refractivity contribution in [3.63, 3.8) is 0 Å². The predicted octanol–water partition coefficient (Wildman–Crippen LogP) is 4.09. The van der Waals surface area contributed by atoms with E-state index in [4.69, 9.17) is 0 Å². The Morgan fingerprint density at radius 3 is 2.82 bits per heavy atom. The van der Waals surface area contributed by atoms with E-state index in [-0.39, 0.29) is 5.91 Å². The van der Waals surface area contributed by atoms with Gasteiger partial charge >= 0.3 is 0 Å². The number of fused-ring (bicyclic) bond motifs is 1. The highest BCUT2D eigenvalue weighted by Crippen LogP contribution is 2.31. The highest BCUT2D eigenvalue weighted by Gasteiger charge is 2.06. The predicted molar refractivity (Wildman–Crippen MR) is 114 cm³/mol. The first-order chi connectivity index (χ1) is 13.7. The molecule has 0 unspecified atom stereocenters. The molecule has 2 aromatic heterocycles. The number of benzene rings is 2. The molecule has 2 aromatic carbocycles. The summed E-state index contributed by atoms with van der Waals surface area (Å²) in [5.74, 6) is 0.562. The van der Waals surface area contributed by atoms with Crippen LogP contribution in [-0.4, -0.2) is 26.9 Å². The van der Waals surface area contributed by atoms with Crippen molar-refractivity contribution in [2.45, 2.75) is 10.1 Å². The molecule has 1 N–H and O–H groups in total. The molecule has 2 heterocycles. The van der Waals surface area contributed by atoms with Gasteiger partial charge in [0.2, 0.25) is 0 Å². The first kappa shape index (κ1) is 18.4. The van der Waals surface area contributed by atoms with Crippen molar-refractivity contribution in [2.24, 2.45) is 12.1 Å². The van der Waals surface area contributed by atoms with Gasteiger partial charge in [-0.1, -0.05) is 36.0 Å².